The van der Waals surface area contributed by atoms with E-state index in [1.165, 1.54) is 0 Å². The van der Waals surface area contributed by atoms with Crippen LogP contribution in [0.15, 0.2) is 4.99 Å². The van der Waals surface area contributed by atoms with Crippen LogP contribution in [-0.4, -0.2) is 22.8 Å². The number of isothiocyanates is 1. The molecule has 62 valence electrons. The van der Waals surface area contributed by atoms with Gasteiger partial charge < -0.3 is 0 Å². The van der Waals surface area contributed by atoms with Crippen LogP contribution in [0.2, 0.25) is 0 Å². The Balaban J connectivity index is 2.45. The fourth-order valence-electron chi connectivity index (χ4n) is 1.25. The summed E-state index contributed by atoms with van der Waals surface area (Å²) in [7, 11) is 0. The summed E-state index contributed by atoms with van der Waals surface area (Å²) < 4.78 is 12.8. The number of nitrogens with zero attached hydrogens (tertiary/aromatic N) is 1. The minimum atomic E-state index is -0.867. The Bertz CT molecular complexity index is 181. The van der Waals surface area contributed by atoms with Crippen LogP contribution < -0.4 is 0 Å². The molecule has 1 rings (SSSR count). The van der Waals surface area contributed by atoms with Crippen LogP contribution in [0.5, 0.6) is 0 Å². The van der Waals surface area contributed by atoms with E-state index in [9.17, 15) is 4.39 Å². The molecule has 1 aliphatic rings. The molecule has 0 aromatic carbocycles. The predicted octanol–water partition coefficient (Wildman–Crippen LogP) is 2.59. The molecule has 0 amide bonds. The fourth-order valence-corrected chi connectivity index (χ4v) is 1.73. The summed E-state index contributed by atoms with van der Waals surface area (Å²) in [6.45, 7) is 0. The van der Waals surface area contributed by atoms with Gasteiger partial charge in [0.1, 0.15) is 6.17 Å². The third-order valence-corrected chi connectivity index (χ3v) is 2.46. The van der Waals surface area contributed by atoms with Gasteiger partial charge in [0.2, 0.25) is 0 Å². The van der Waals surface area contributed by atoms with E-state index in [0.717, 1.165) is 6.42 Å². The van der Waals surface area contributed by atoms with Gasteiger partial charge in [-0.3, -0.25) is 0 Å². The number of hydrogen-bond donors (Lipinski definition) is 0. The lowest BCUT2D eigenvalue weighted by Crippen LogP contribution is -2.28. The molecule has 0 aliphatic heterocycles. The van der Waals surface area contributed by atoms with Crippen molar-refractivity contribution in [1.82, 2.24) is 0 Å². The van der Waals surface area contributed by atoms with E-state index in [1.807, 2.05) is 0 Å². The molecule has 0 aromatic heterocycles. The van der Waals surface area contributed by atoms with Gasteiger partial charge in [-0.2, -0.15) is 0 Å². The van der Waals surface area contributed by atoms with Gasteiger partial charge >= 0.3 is 0 Å². The number of aliphatic imine (C=N–C) groups is 1. The fraction of sp³-hybridized carbons (Fsp3) is 0.857. The van der Waals surface area contributed by atoms with Gasteiger partial charge in [0.15, 0.2) is 0 Å². The van der Waals surface area contributed by atoms with Crippen LogP contribution in [0.3, 0.4) is 0 Å². The number of hydrogen-bond acceptors (Lipinski definition) is 2. The molecule has 1 aliphatic carbocycles. The lowest BCUT2D eigenvalue weighted by molar-refractivity contribution is 0.242. The summed E-state index contributed by atoms with van der Waals surface area (Å²) in [5, 5.41) is 1.91. The van der Waals surface area contributed by atoms with E-state index in [1.54, 1.807) is 0 Å². The van der Waals surface area contributed by atoms with Crippen LogP contribution >= 0.6 is 23.8 Å². The SMILES string of the molecule is FC1CCC(N=C=S)CC1Cl. The molecule has 3 unspecified atom stereocenters. The zero-order chi connectivity index (χ0) is 8.27. The normalized spacial score (nSPS) is 37.8. The van der Waals surface area contributed by atoms with Crippen molar-refractivity contribution >= 4 is 29.0 Å². The molecule has 0 saturated heterocycles. The van der Waals surface area contributed by atoms with E-state index < -0.39 is 6.17 Å². The van der Waals surface area contributed by atoms with Crippen LogP contribution in [0.1, 0.15) is 19.3 Å². The van der Waals surface area contributed by atoms with Crippen molar-refractivity contribution in [3.63, 3.8) is 0 Å². The minimum absolute atomic E-state index is 0.0991. The smallest absolute Gasteiger partial charge is 0.117 e. The highest BCUT2D eigenvalue weighted by Gasteiger charge is 2.28. The van der Waals surface area contributed by atoms with Crippen molar-refractivity contribution in [3.05, 3.63) is 0 Å². The Morgan fingerprint density at radius 3 is 2.82 bits per heavy atom. The zero-order valence-electron chi connectivity index (χ0n) is 5.96. The quantitative estimate of drug-likeness (QED) is 0.354. The predicted molar refractivity (Wildman–Crippen MR) is 47.2 cm³/mol. The van der Waals surface area contributed by atoms with Crippen LogP contribution in [0.4, 0.5) is 4.39 Å². The summed E-state index contributed by atoms with van der Waals surface area (Å²) in [5.41, 5.74) is 0. The molecule has 3 atom stereocenters. The molecular weight excluding hydrogens is 185 g/mol. The van der Waals surface area contributed by atoms with Crippen molar-refractivity contribution in [2.75, 3.05) is 0 Å². The topological polar surface area (TPSA) is 12.4 Å². The highest BCUT2D eigenvalue weighted by molar-refractivity contribution is 7.78. The second kappa shape index (κ2) is 4.15. The average molecular weight is 194 g/mol. The maximum absolute atomic E-state index is 12.8. The summed E-state index contributed by atoms with van der Waals surface area (Å²) in [6, 6.07) is 0.0991. The van der Waals surface area contributed by atoms with Gasteiger partial charge in [-0.1, -0.05) is 0 Å². The average Bonchev–Trinajstić information content (AvgIpc) is 1.98. The van der Waals surface area contributed by atoms with Gasteiger partial charge in [0.05, 0.1) is 16.6 Å². The molecule has 0 radical (unpaired) electrons. The number of halogens is 2. The summed E-state index contributed by atoms with van der Waals surface area (Å²) in [4.78, 5) is 3.88. The lowest BCUT2D eigenvalue weighted by Gasteiger charge is -2.24. The highest BCUT2D eigenvalue weighted by atomic mass is 35.5. The first-order valence-electron chi connectivity index (χ1n) is 3.59. The molecule has 0 aromatic rings. The van der Waals surface area contributed by atoms with Crippen molar-refractivity contribution in [3.8, 4) is 0 Å². The van der Waals surface area contributed by atoms with Gasteiger partial charge in [-0.05, 0) is 31.5 Å². The lowest BCUT2D eigenvalue weighted by atomic mass is 9.94. The third kappa shape index (κ3) is 2.51. The Kier molecular flexibility index (Phi) is 3.44. The second-order valence-corrected chi connectivity index (χ2v) is 3.46. The Morgan fingerprint density at radius 2 is 2.27 bits per heavy atom. The molecule has 0 N–H and O–H groups in total. The Hall–Kier alpha value is 0.0200. The molecule has 11 heavy (non-hydrogen) atoms. The molecule has 1 nitrogen and oxygen atoms in total. The summed E-state index contributed by atoms with van der Waals surface area (Å²) in [6.07, 6.45) is 0.966. The molecular formula is C7H9ClFNS. The van der Waals surface area contributed by atoms with E-state index in [2.05, 4.69) is 22.4 Å². The minimum Gasteiger partial charge on any atom is -0.246 e. The Morgan fingerprint density at radius 1 is 1.55 bits per heavy atom. The van der Waals surface area contributed by atoms with Crippen molar-refractivity contribution in [1.29, 1.82) is 0 Å². The largest absolute Gasteiger partial charge is 0.246 e. The first kappa shape index (κ1) is 9.11. The van der Waals surface area contributed by atoms with Crippen LogP contribution in [0, 0.1) is 0 Å². The van der Waals surface area contributed by atoms with E-state index in [-0.39, 0.29) is 11.4 Å². The van der Waals surface area contributed by atoms with E-state index in [0.29, 0.717) is 12.8 Å². The number of alkyl halides is 2. The maximum Gasteiger partial charge on any atom is 0.117 e. The van der Waals surface area contributed by atoms with E-state index in [4.69, 9.17) is 11.6 Å². The molecule has 0 spiro atoms. The maximum atomic E-state index is 12.8. The first-order chi connectivity index (χ1) is 5.24. The number of thiocarbonyl (C=S) groups is 1. The van der Waals surface area contributed by atoms with E-state index >= 15 is 0 Å². The zero-order valence-corrected chi connectivity index (χ0v) is 7.54. The van der Waals surface area contributed by atoms with Gasteiger partial charge in [0, 0.05) is 0 Å². The van der Waals surface area contributed by atoms with Crippen LogP contribution in [-0.2, 0) is 0 Å². The second-order valence-electron chi connectivity index (χ2n) is 2.72. The highest BCUT2D eigenvalue weighted by Crippen LogP contribution is 2.27. The molecule has 0 bridgehead atoms. The number of rotatable bonds is 1. The molecule has 0 heterocycles. The van der Waals surface area contributed by atoms with Crippen molar-refractivity contribution in [2.24, 2.45) is 4.99 Å². The van der Waals surface area contributed by atoms with Gasteiger partial charge in [-0.15, -0.1) is 11.6 Å². The summed E-state index contributed by atoms with van der Waals surface area (Å²) in [5.74, 6) is 0. The molecule has 4 heteroatoms. The molecule has 1 saturated carbocycles. The van der Waals surface area contributed by atoms with Crippen molar-refractivity contribution < 1.29 is 4.39 Å². The molecule has 1 fully saturated rings. The standard InChI is InChI=1S/C7H9ClFNS/c8-6-3-5(10-4-11)1-2-7(6)9/h5-7H,1-3H2. The summed E-state index contributed by atoms with van der Waals surface area (Å²) >= 11 is 10.1. The Labute approximate surface area is 75.6 Å². The monoisotopic (exact) mass is 193 g/mol. The van der Waals surface area contributed by atoms with Crippen LogP contribution in [0.25, 0.3) is 0 Å². The van der Waals surface area contributed by atoms with Crippen molar-refractivity contribution in [2.45, 2.75) is 36.9 Å². The van der Waals surface area contributed by atoms with Gasteiger partial charge in [-0.25, -0.2) is 9.38 Å². The third-order valence-electron chi connectivity index (χ3n) is 1.90. The van der Waals surface area contributed by atoms with Gasteiger partial charge in [0.25, 0.3) is 0 Å². The first-order valence-corrected chi connectivity index (χ1v) is 4.43.